The number of fused-ring (bicyclic) bond motifs is 1. The third kappa shape index (κ3) is 1.42. The summed E-state index contributed by atoms with van der Waals surface area (Å²) in [6, 6.07) is 0. The van der Waals surface area contributed by atoms with Gasteiger partial charge in [0.2, 0.25) is 0 Å². The fourth-order valence-corrected chi connectivity index (χ4v) is 1.41. The molecule has 0 spiro atoms. The Morgan fingerprint density at radius 1 is 1.38 bits per heavy atom. The molecule has 2 rings (SSSR count). The zero-order valence-electron chi connectivity index (χ0n) is 6.95. The molecular weight excluding hydrogens is 174 g/mol. The van der Waals surface area contributed by atoms with Crippen molar-refractivity contribution in [3.63, 3.8) is 0 Å². The van der Waals surface area contributed by atoms with Gasteiger partial charge in [-0.05, 0) is 0 Å². The lowest BCUT2D eigenvalue weighted by Crippen LogP contribution is -2.03. The summed E-state index contributed by atoms with van der Waals surface area (Å²) >= 11 is 0. The molecule has 0 unspecified atom stereocenters. The molecule has 5 heteroatoms. The predicted molar refractivity (Wildman–Crippen MR) is 41.7 cm³/mol. The van der Waals surface area contributed by atoms with Gasteiger partial charge in [0.1, 0.15) is 5.76 Å². The van der Waals surface area contributed by atoms with Crippen LogP contribution in [0.2, 0.25) is 0 Å². The van der Waals surface area contributed by atoms with E-state index < -0.39 is 5.97 Å². The maximum absolute atomic E-state index is 10.7. The van der Waals surface area contributed by atoms with E-state index in [0.717, 1.165) is 0 Å². The first-order valence-electron chi connectivity index (χ1n) is 4.07. The normalized spacial score (nSPS) is 16.3. The van der Waals surface area contributed by atoms with E-state index in [2.05, 4.69) is 5.16 Å². The summed E-state index contributed by atoms with van der Waals surface area (Å²) in [6.45, 7) is 1.11. The van der Waals surface area contributed by atoms with Gasteiger partial charge in [-0.1, -0.05) is 5.16 Å². The van der Waals surface area contributed by atoms with Crippen LogP contribution in [0.5, 0.6) is 0 Å². The largest absolute Gasteiger partial charge is 0.476 e. The molecule has 1 aromatic rings. The van der Waals surface area contributed by atoms with Gasteiger partial charge in [0.05, 0.1) is 13.2 Å². The first kappa shape index (κ1) is 8.25. The highest BCUT2D eigenvalue weighted by atomic mass is 16.5. The Hall–Kier alpha value is -1.36. The van der Waals surface area contributed by atoms with Crippen LogP contribution < -0.4 is 0 Å². The highest BCUT2D eigenvalue weighted by Gasteiger charge is 2.22. The summed E-state index contributed by atoms with van der Waals surface area (Å²) in [5, 5.41) is 12.3. The molecule has 0 aliphatic carbocycles. The standard InChI is InChI=1S/C8H9NO4/c10-8(11)7-5-1-3-12-4-2-6(5)13-9-7/h1-4H2,(H,10,11). The number of carboxylic acid groups (broad SMARTS) is 1. The Kier molecular flexibility index (Phi) is 2.02. The molecule has 0 amide bonds. The predicted octanol–water partition coefficient (Wildman–Crippen LogP) is 0.488. The summed E-state index contributed by atoms with van der Waals surface area (Å²) in [7, 11) is 0. The summed E-state index contributed by atoms with van der Waals surface area (Å²) in [6.07, 6.45) is 1.18. The zero-order valence-corrected chi connectivity index (χ0v) is 6.95. The number of aromatic nitrogens is 1. The molecule has 0 radical (unpaired) electrons. The summed E-state index contributed by atoms with van der Waals surface area (Å²) < 4.78 is 10.1. The molecule has 13 heavy (non-hydrogen) atoms. The van der Waals surface area contributed by atoms with Gasteiger partial charge in [-0.15, -0.1) is 0 Å². The molecule has 70 valence electrons. The van der Waals surface area contributed by atoms with Crippen LogP contribution >= 0.6 is 0 Å². The molecule has 0 fully saturated rings. The van der Waals surface area contributed by atoms with E-state index in [1.165, 1.54) is 0 Å². The van der Waals surface area contributed by atoms with Gasteiger partial charge < -0.3 is 14.4 Å². The third-order valence-corrected chi connectivity index (χ3v) is 2.04. The van der Waals surface area contributed by atoms with Crippen LogP contribution in [0.3, 0.4) is 0 Å². The van der Waals surface area contributed by atoms with Gasteiger partial charge in [-0.2, -0.15) is 0 Å². The van der Waals surface area contributed by atoms with Crippen molar-refractivity contribution in [2.75, 3.05) is 13.2 Å². The Morgan fingerprint density at radius 2 is 2.15 bits per heavy atom. The molecule has 2 heterocycles. The van der Waals surface area contributed by atoms with Crippen LogP contribution in [0, 0.1) is 0 Å². The Morgan fingerprint density at radius 3 is 2.92 bits per heavy atom. The van der Waals surface area contributed by atoms with Crippen molar-refractivity contribution in [1.29, 1.82) is 0 Å². The number of carbonyl (C=O) groups is 1. The van der Waals surface area contributed by atoms with E-state index in [0.29, 0.717) is 37.4 Å². The second kappa shape index (κ2) is 3.18. The van der Waals surface area contributed by atoms with Crippen LogP contribution in [-0.4, -0.2) is 29.4 Å². The highest BCUT2D eigenvalue weighted by molar-refractivity contribution is 5.87. The van der Waals surface area contributed by atoms with E-state index in [1.54, 1.807) is 0 Å². The van der Waals surface area contributed by atoms with Crippen molar-refractivity contribution in [2.24, 2.45) is 0 Å². The molecule has 0 saturated heterocycles. The van der Waals surface area contributed by atoms with Crippen LogP contribution in [0.25, 0.3) is 0 Å². The van der Waals surface area contributed by atoms with Gasteiger partial charge in [0.15, 0.2) is 5.69 Å². The van der Waals surface area contributed by atoms with Gasteiger partial charge in [-0.3, -0.25) is 0 Å². The molecule has 1 N–H and O–H groups in total. The second-order valence-corrected chi connectivity index (χ2v) is 2.85. The molecule has 1 aromatic heterocycles. The van der Waals surface area contributed by atoms with E-state index in [-0.39, 0.29) is 5.69 Å². The third-order valence-electron chi connectivity index (χ3n) is 2.04. The minimum atomic E-state index is -1.04. The molecule has 0 aromatic carbocycles. The molecular formula is C8H9NO4. The molecule has 0 atom stereocenters. The SMILES string of the molecule is O=C(O)c1noc2c1CCOCC2. The number of hydrogen-bond donors (Lipinski definition) is 1. The van der Waals surface area contributed by atoms with Crippen molar-refractivity contribution in [3.8, 4) is 0 Å². The van der Waals surface area contributed by atoms with Crippen LogP contribution in [-0.2, 0) is 17.6 Å². The minimum Gasteiger partial charge on any atom is -0.476 e. The molecule has 0 bridgehead atoms. The lowest BCUT2D eigenvalue weighted by atomic mass is 10.1. The van der Waals surface area contributed by atoms with Gasteiger partial charge in [0, 0.05) is 18.4 Å². The van der Waals surface area contributed by atoms with Crippen molar-refractivity contribution in [2.45, 2.75) is 12.8 Å². The van der Waals surface area contributed by atoms with E-state index in [1.807, 2.05) is 0 Å². The van der Waals surface area contributed by atoms with E-state index in [4.69, 9.17) is 14.4 Å². The monoisotopic (exact) mass is 183 g/mol. The van der Waals surface area contributed by atoms with Gasteiger partial charge >= 0.3 is 5.97 Å². The number of rotatable bonds is 1. The van der Waals surface area contributed by atoms with Crippen molar-refractivity contribution in [3.05, 3.63) is 17.0 Å². The Labute approximate surface area is 74.3 Å². The summed E-state index contributed by atoms with van der Waals surface area (Å²) in [5.74, 6) is -0.387. The smallest absolute Gasteiger partial charge is 0.358 e. The maximum Gasteiger partial charge on any atom is 0.358 e. The number of ether oxygens (including phenoxy) is 1. The van der Waals surface area contributed by atoms with E-state index >= 15 is 0 Å². The lowest BCUT2D eigenvalue weighted by Gasteiger charge is -1.94. The van der Waals surface area contributed by atoms with Crippen molar-refractivity contribution < 1.29 is 19.2 Å². The van der Waals surface area contributed by atoms with Crippen molar-refractivity contribution in [1.82, 2.24) is 5.16 Å². The molecule has 0 saturated carbocycles. The van der Waals surface area contributed by atoms with Crippen molar-refractivity contribution >= 4 is 5.97 Å². The average molecular weight is 183 g/mol. The minimum absolute atomic E-state index is 0.0282. The summed E-state index contributed by atoms with van der Waals surface area (Å²) in [4.78, 5) is 10.7. The van der Waals surface area contributed by atoms with Gasteiger partial charge in [-0.25, -0.2) is 4.79 Å². The molecule has 1 aliphatic rings. The van der Waals surface area contributed by atoms with Crippen LogP contribution in [0.1, 0.15) is 21.8 Å². The number of hydrogen-bond acceptors (Lipinski definition) is 4. The Bertz CT molecular complexity index is 331. The maximum atomic E-state index is 10.7. The van der Waals surface area contributed by atoms with Crippen LogP contribution in [0.15, 0.2) is 4.52 Å². The molecule has 1 aliphatic heterocycles. The number of nitrogens with zero attached hydrogens (tertiary/aromatic N) is 1. The summed E-state index contributed by atoms with van der Waals surface area (Å²) in [5.41, 5.74) is 0.713. The fourth-order valence-electron chi connectivity index (χ4n) is 1.41. The zero-order chi connectivity index (χ0) is 9.26. The topological polar surface area (TPSA) is 72.6 Å². The molecule has 5 nitrogen and oxygen atoms in total. The van der Waals surface area contributed by atoms with Crippen LogP contribution in [0.4, 0.5) is 0 Å². The highest BCUT2D eigenvalue weighted by Crippen LogP contribution is 2.18. The fraction of sp³-hybridized carbons (Fsp3) is 0.500. The number of carboxylic acids is 1. The first-order chi connectivity index (χ1) is 6.29. The first-order valence-corrected chi connectivity index (χ1v) is 4.07. The number of aromatic carboxylic acids is 1. The Balaban J connectivity index is 2.39. The van der Waals surface area contributed by atoms with E-state index in [9.17, 15) is 4.79 Å². The van der Waals surface area contributed by atoms with Gasteiger partial charge in [0.25, 0.3) is 0 Å². The second-order valence-electron chi connectivity index (χ2n) is 2.85. The average Bonchev–Trinajstić information content (AvgIpc) is 2.36. The lowest BCUT2D eigenvalue weighted by molar-refractivity contribution is 0.0683. The quantitative estimate of drug-likeness (QED) is 0.685.